The van der Waals surface area contributed by atoms with Crippen LogP contribution in [0.4, 0.5) is 17.5 Å². The quantitative estimate of drug-likeness (QED) is 0.766. The Labute approximate surface area is 153 Å². The first kappa shape index (κ1) is 16.4. The fourth-order valence-corrected chi connectivity index (χ4v) is 3.07. The van der Waals surface area contributed by atoms with E-state index < -0.39 is 0 Å². The van der Waals surface area contributed by atoms with Crippen molar-refractivity contribution in [3.63, 3.8) is 0 Å². The molecule has 0 unspecified atom stereocenters. The molecule has 0 saturated heterocycles. The highest BCUT2D eigenvalue weighted by atomic mass is 16.5. The van der Waals surface area contributed by atoms with Gasteiger partial charge in [0.1, 0.15) is 18.2 Å². The topological polar surface area (TPSA) is 50.3 Å². The lowest BCUT2D eigenvalue weighted by Crippen LogP contribution is -2.30. The summed E-state index contributed by atoms with van der Waals surface area (Å²) in [7, 11) is 0. The van der Waals surface area contributed by atoms with E-state index in [1.54, 1.807) is 0 Å². The van der Waals surface area contributed by atoms with Crippen LogP contribution in [0.5, 0.6) is 5.75 Å². The van der Waals surface area contributed by atoms with Crippen molar-refractivity contribution in [2.45, 2.75) is 20.4 Å². The maximum absolute atomic E-state index is 5.75. The van der Waals surface area contributed by atoms with E-state index in [0.717, 1.165) is 41.6 Å². The van der Waals surface area contributed by atoms with Crippen LogP contribution in [-0.2, 0) is 6.54 Å². The molecule has 0 saturated carbocycles. The fourth-order valence-electron chi connectivity index (χ4n) is 3.07. The molecule has 0 aliphatic carbocycles. The number of hydrogen-bond donors (Lipinski definition) is 1. The van der Waals surface area contributed by atoms with E-state index >= 15 is 0 Å². The van der Waals surface area contributed by atoms with Gasteiger partial charge in [0.05, 0.1) is 12.2 Å². The number of aromatic nitrogens is 2. The number of benzene rings is 2. The third-order valence-corrected chi connectivity index (χ3v) is 4.65. The van der Waals surface area contributed by atoms with Gasteiger partial charge in [0, 0.05) is 17.8 Å². The molecule has 0 radical (unpaired) electrons. The van der Waals surface area contributed by atoms with E-state index in [-0.39, 0.29) is 0 Å². The van der Waals surface area contributed by atoms with Crippen molar-refractivity contribution in [2.75, 3.05) is 23.4 Å². The third-order valence-electron chi connectivity index (χ3n) is 4.65. The Morgan fingerprint density at radius 1 is 1.00 bits per heavy atom. The minimum atomic E-state index is 0.625. The summed E-state index contributed by atoms with van der Waals surface area (Å²) in [6.07, 6.45) is 0. The molecule has 0 atom stereocenters. The minimum absolute atomic E-state index is 0.625. The monoisotopic (exact) mass is 346 g/mol. The van der Waals surface area contributed by atoms with Crippen molar-refractivity contribution in [1.82, 2.24) is 9.97 Å². The summed E-state index contributed by atoms with van der Waals surface area (Å²) in [6, 6.07) is 18.4. The van der Waals surface area contributed by atoms with Gasteiger partial charge in [-0.1, -0.05) is 42.5 Å². The Morgan fingerprint density at radius 2 is 1.77 bits per heavy atom. The second-order valence-corrected chi connectivity index (χ2v) is 6.39. The van der Waals surface area contributed by atoms with Crippen molar-refractivity contribution in [3.8, 4) is 5.75 Å². The van der Waals surface area contributed by atoms with Gasteiger partial charge in [-0.05, 0) is 31.5 Å². The van der Waals surface area contributed by atoms with Crippen molar-refractivity contribution < 1.29 is 4.74 Å². The van der Waals surface area contributed by atoms with Crippen LogP contribution < -0.4 is 15.0 Å². The Balaban J connectivity index is 1.65. The van der Waals surface area contributed by atoms with Crippen molar-refractivity contribution >= 4 is 17.5 Å². The normalized spacial score (nSPS) is 13.1. The molecule has 0 spiro atoms. The van der Waals surface area contributed by atoms with Gasteiger partial charge in [-0.3, -0.25) is 0 Å². The predicted octanol–water partition coefficient (Wildman–Crippen LogP) is 4.24. The molecule has 0 fully saturated rings. The van der Waals surface area contributed by atoms with Gasteiger partial charge in [0.25, 0.3) is 0 Å². The minimum Gasteiger partial charge on any atom is -0.490 e. The first-order chi connectivity index (χ1) is 12.7. The van der Waals surface area contributed by atoms with Gasteiger partial charge < -0.3 is 15.0 Å². The maximum Gasteiger partial charge on any atom is 0.232 e. The SMILES string of the molecule is Cc1nc(N2CCOc3ccccc32)nc(NCc2ccccc2)c1C. The lowest BCUT2D eigenvalue weighted by molar-refractivity contribution is 0.313. The molecule has 0 amide bonds. The number of aryl methyl sites for hydroxylation is 1. The highest BCUT2D eigenvalue weighted by molar-refractivity contribution is 5.67. The molecule has 0 bridgehead atoms. The van der Waals surface area contributed by atoms with Crippen LogP contribution in [0.1, 0.15) is 16.8 Å². The highest BCUT2D eigenvalue weighted by Crippen LogP contribution is 2.35. The van der Waals surface area contributed by atoms with E-state index in [0.29, 0.717) is 12.6 Å². The van der Waals surface area contributed by atoms with Crippen LogP contribution in [0, 0.1) is 13.8 Å². The van der Waals surface area contributed by atoms with Gasteiger partial charge in [-0.15, -0.1) is 0 Å². The zero-order chi connectivity index (χ0) is 17.9. The summed E-state index contributed by atoms with van der Waals surface area (Å²) in [4.78, 5) is 11.7. The van der Waals surface area contributed by atoms with Gasteiger partial charge in [0.15, 0.2) is 0 Å². The third kappa shape index (κ3) is 3.20. The molecular weight excluding hydrogens is 324 g/mol. The predicted molar refractivity (Wildman–Crippen MR) is 104 cm³/mol. The molecule has 2 heterocycles. The molecule has 4 rings (SSSR count). The van der Waals surface area contributed by atoms with E-state index in [1.807, 2.05) is 49.4 Å². The Morgan fingerprint density at radius 3 is 2.62 bits per heavy atom. The fraction of sp³-hybridized carbons (Fsp3) is 0.238. The van der Waals surface area contributed by atoms with Crippen LogP contribution in [0.25, 0.3) is 0 Å². The summed E-state index contributed by atoms with van der Waals surface area (Å²) in [5.74, 6) is 2.46. The number of rotatable bonds is 4. The van der Waals surface area contributed by atoms with Crippen LogP contribution in [0.2, 0.25) is 0 Å². The zero-order valence-corrected chi connectivity index (χ0v) is 15.1. The summed E-state index contributed by atoms with van der Waals surface area (Å²) in [5.41, 5.74) is 4.29. The average Bonchev–Trinajstić information content (AvgIpc) is 2.69. The molecule has 1 aromatic heterocycles. The second kappa shape index (κ2) is 7.04. The number of anilines is 3. The summed E-state index contributed by atoms with van der Waals surface area (Å²) >= 11 is 0. The maximum atomic E-state index is 5.75. The van der Waals surface area contributed by atoms with Crippen LogP contribution in [0.3, 0.4) is 0 Å². The first-order valence-electron chi connectivity index (χ1n) is 8.85. The van der Waals surface area contributed by atoms with E-state index in [2.05, 4.69) is 29.3 Å². The molecule has 26 heavy (non-hydrogen) atoms. The Kier molecular flexibility index (Phi) is 4.44. The van der Waals surface area contributed by atoms with Crippen molar-refractivity contribution in [2.24, 2.45) is 0 Å². The molecule has 1 N–H and O–H groups in total. The lowest BCUT2D eigenvalue weighted by Gasteiger charge is -2.30. The number of fused-ring (bicyclic) bond motifs is 1. The van der Waals surface area contributed by atoms with Gasteiger partial charge >= 0.3 is 0 Å². The lowest BCUT2D eigenvalue weighted by atomic mass is 10.2. The number of nitrogens with zero attached hydrogens (tertiary/aromatic N) is 3. The summed E-state index contributed by atoms with van der Waals surface area (Å²) < 4.78 is 5.75. The molecule has 5 nitrogen and oxygen atoms in total. The van der Waals surface area contributed by atoms with Crippen LogP contribution >= 0.6 is 0 Å². The summed E-state index contributed by atoms with van der Waals surface area (Å²) in [6.45, 7) is 6.18. The van der Waals surface area contributed by atoms with Crippen LogP contribution in [-0.4, -0.2) is 23.1 Å². The average molecular weight is 346 g/mol. The molecule has 5 heteroatoms. The van der Waals surface area contributed by atoms with Crippen molar-refractivity contribution in [1.29, 1.82) is 0 Å². The van der Waals surface area contributed by atoms with Crippen LogP contribution in [0.15, 0.2) is 54.6 Å². The second-order valence-electron chi connectivity index (χ2n) is 6.39. The highest BCUT2D eigenvalue weighted by Gasteiger charge is 2.22. The van der Waals surface area contributed by atoms with E-state index in [1.165, 1.54) is 5.56 Å². The van der Waals surface area contributed by atoms with E-state index in [4.69, 9.17) is 14.7 Å². The number of hydrogen-bond acceptors (Lipinski definition) is 5. The molecule has 3 aromatic rings. The summed E-state index contributed by atoms with van der Waals surface area (Å²) in [5, 5.41) is 3.46. The van der Waals surface area contributed by atoms with Gasteiger partial charge in [-0.25, -0.2) is 4.98 Å². The number of nitrogens with one attached hydrogen (secondary N) is 1. The molecule has 1 aliphatic rings. The number of para-hydroxylation sites is 2. The van der Waals surface area contributed by atoms with Gasteiger partial charge in [0.2, 0.25) is 5.95 Å². The first-order valence-corrected chi connectivity index (χ1v) is 8.85. The Bertz CT molecular complexity index is 911. The smallest absolute Gasteiger partial charge is 0.232 e. The zero-order valence-electron chi connectivity index (χ0n) is 15.1. The molecule has 132 valence electrons. The largest absolute Gasteiger partial charge is 0.490 e. The molecular formula is C21H22N4O. The van der Waals surface area contributed by atoms with Gasteiger partial charge in [-0.2, -0.15) is 4.98 Å². The molecule has 2 aromatic carbocycles. The van der Waals surface area contributed by atoms with E-state index in [9.17, 15) is 0 Å². The Hall–Kier alpha value is -3.08. The molecule has 1 aliphatic heterocycles. The van der Waals surface area contributed by atoms with Crippen molar-refractivity contribution in [3.05, 3.63) is 71.4 Å². The number of ether oxygens (including phenoxy) is 1. The standard InChI is InChI=1S/C21H22N4O/c1-15-16(2)23-21(24-20(15)22-14-17-8-4-3-5-9-17)25-12-13-26-19-11-7-6-10-18(19)25/h3-11H,12-14H2,1-2H3,(H,22,23,24).